The molecule has 3 aromatic carbocycles. The molecule has 0 spiro atoms. The van der Waals surface area contributed by atoms with Crippen LogP contribution < -0.4 is 10.1 Å². The third-order valence-electron chi connectivity index (χ3n) is 6.30. The summed E-state index contributed by atoms with van der Waals surface area (Å²) in [5.74, 6) is -0.0912. The van der Waals surface area contributed by atoms with Crippen molar-refractivity contribution in [2.45, 2.75) is 45.9 Å². The minimum absolute atomic E-state index is 0.0463. The average molecular weight is 475 g/mol. The number of nitrogens with one attached hydrogen (secondary N) is 1. The van der Waals surface area contributed by atoms with E-state index in [9.17, 15) is 14.0 Å². The van der Waals surface area contributed by atoms with Gasteiger partial charge in [0.15, 0.2) is 6.10 Å². The van der Waals surface area contributed by atoms with Gasteiger partial charge in [-0.05, 0) is 59.9 Å². The van der Waals surface area contributed by atoms with E-state index in [1.165, 1.54) is 12.1 Å². The first-order chi connectivity index (χ1) is 16.8. The first-order valence-electron chi connectivity index (χ1n) is 12.0. The second-order valence-corrected chi connectivity index (χ2v) is 9.21. The van der Waals surface area contributed by atoms with E-state index in [1.54, 1.807) is 19.1 Å². The lowest BCUT2D eigenvalue weighted by Crippen LogP contribution is -2.42. The molecule has 1 heterocycles. The summed E-state index contributed by atoms with van der Waals surface area (Å²) in [6, 6.07) is 21.4. The standard InChI is InChI=1S/C29H31FN2O3/c1-19(2)29(34)32-16-15-22-11-14-25(17-26(22)27(32)23-9-12-24(30)13-10-23)35-20(3)28(33)31-18-21-7-5-4-6-8-21/h4-14,17,19-20,27H,15-16,18H2,1-3H3,(H,31,33)/t20-,27-/m1/s1. The van der Waals surface area contributed by atoms with Gasteiger partial charge in [0.25, 0.3) is 5.91 Å². The van der Waals surface area contributed by atoms with Crippen LogP contribution in [-0.4, -0.2) is 29.4 Å². The molecule has 2 atom stereocenters. The van der Waals surface area contributed by atoms with Crippen molar-refractivity contribution in [3.63, 3.8) is 0 Å². The Bertz CT molecular complexity index is 1180. The molecule has 3 aromatic rings. The van der Waals surface area contributed by atoms with Crippen LogP contribution in [0.2, 0.25) is 0 Å². The van der Waals surface area contributed by atoms with Crippen molar-refractivity contribution in [3.05, 3.63) is 101 Å². The van der Waals surface area contributed by atoms with Crippen LogP contribution in [0.15, 0.2) is 72.8 Å². The van der Waals surface area contributed by atoms with Crippen LogP contribution in [0.1, 0.15) is 49.1 Å². The highest BCUT2D eigenvalue weighted by Crippen LogP contribution is 2.38. The zero-order valence-electron chi connectivity index (χ0n) is 20.3. The molecule has 182 valence electrons. The minimum atomic E-state index is -0.696. The molecule has 0 bridgehead atoms. The van der Waals surface area contributed by atoms with E-state index in [0.717, 1.165) is 28.7 Å². The minimum Gasteiger partial charge on any atom is -0.481 e. The molecule has 0 radical (unpaired) electrons. The lowest BCUT2D eigenvalue weighted by molar-refractivity contribution is -0.136. The van der Waals surface area contributed by atoms with Gasteiger partial charge in [-0.15, -0.1) is 0 Å². The summed E-state index contributed by atoms with van der Waals surface area (Å²) in [5, 5.41) is 2.90. The highest BCUT2D eigenvalue weighted by atomic mass is 19.1. The second kappa shape index (κ2) is 10.7. The molecular weight excluding hydrogens is 443 g/mol. The fourth-order valence-corrected chi connectivity index (χ4v) is 4.43. The van der Waals surface area contributed by atoms with Crippen molar-refractivity contribution in [1.82, 2.24) is 10.2 Å². The van der Waals surface area contributed by atoms with Gasteiger partial charge in [0.05, 0.1) is 6.04 Å². The molecule has 0 aromatic heterocycles. The predicted molar refractivity (Wildman–Crippen MR) is 133 cm³/mol. The van der Waals surface area contributed by atoms with Crippen molar-refractivity contribution in [1.29, 1.82) is 0 Å². The van der Waals surface area contributed by atoms with Crippen LogP contribution in [0.25, 0.3) is 0 Å². The van der Waals surface area contributed by atoms with E-state index in [-0.39, 0.29) is 29.6 Å². The molecule has 2 amide bonds. The van der Waals surface area contributed by atoms with Gasteiger partial charge < -0.3 is 15.0 Å². The van der Waals surface area contributed by atoms with Gasteiger partial charge in [-0.2, -0.15) is 0 Å². The summed E-state index contributed by atoms with van der Waals surface area (Å²) in [6.07, 6.45) is 0.0248. The summed E-state index contributed by atoms with van der Waals surface area (Å²) in [6.45, 7) is 6.50. The number of ether oxygens (including phenoxy) is 1. The van der Waals surface area contributed by atoms with Crippen LogP contribution in [0.3, 0.4) is 0 Å². The molecule has 0 saturated heterocycles. The number of nitrogens with zero attached hydrogens (tertiary/aromatic N) is 1. The average Bonchev–Trinajstić information content (AvgIpc) is 2.87. The molecule has 5 nitrogen and oxygen atoms in total. The van der Waals surface area contributed by atoms with E-state index >= 15 is 0 Å². The van der Waals surface area contributed by atoms with Crippen molar-refractivity contribution in [3.8, 4) is 5.75 Å². The van der Waals surface area contributed by atoms with Crippen LogP contribution in [0.4, 0.5) is 4.39 Å². The Kier molecular flexibility index (Phi) is 7.49. The molecule has 0 aliphatic carbocycles. The van der Waals surface area contributed by atoms with Crippen molar-refractivity contribution >= 4 is 11.8 Å². The molecule has 35 heavy (non-hydrogen) atoms. The number of carbonyl (C=O) groups is 2. The van der Waals surface area contributed by atoms with E-state index in [2.05, 4.69) is 5.32 Å². The van der Waals surface area contributed by atoms with Gasteiger partial charge in [-0.3, -0.25) is 9.59 Å². The number of hydrogen-bond acceptors (Lipinski definition) is 3. The van der Waals surface area contributed by atoms with Crippen LogP contribution in [0.5, 0.6) is 5.75 Å². The van der Waals surface area contributed by atoms with Crippen LogP contribution in [-0.2, 0) is 22.6 Å². The summed E-state index contributed by atoms with van der Waals surface area (Å²) in [5.41, 5.74) is 3.90. The Morgan fingerprint density at radius 2 is 1.74 bits per heavy atom. The SMILES string of the molecule is CC(C)C(=O)N1CCc2ccc(O[C@H](C)C(=O)NCc3ccccc3)cc2[C@H]1c1ccc(F)cc1. The van der Waals surface area contributed by atoms with Crippen molar-refractivity contribution in [2.75, 3.05) is 6.54 Å². The summed E-state index contributed by atoms with van der Waals surface area (Å²) in [7, 11) is 0. The Hall–Kier alpha value is -3.67. The highest BCUT2D eigenvalue weighted by Gasteiger charge is 2.33. The third-order valence-corrected chi connectivity index (χ3v) is 6.30. The van der Waals surface area contributed by atoms with Crippen molar-refractivity contribution in [2.24, 2.45) is 5.92 Å². The van der Waals surface area contributed by atoms with Gasteiger partial charge >= 0.3 is 0 Å². The smallest absolute Gasteiger partial charge is 0.261 e. The fourth-order valence-electron chi connectivity index (χ4n) is 4.43. The van der Waals surface area contributed by atoms with E-state index < -0.39 is 6.10 Å². The Labute approximate surface area is 205 Å². The fraction of sp³-hybridized carbons (Fsp3) is 0.310. The van der Waals surface area contributed by atoms with Gasteiger partial charge in [0, 0.05) is 19.0 Å². The number of amides is 2. The molecule has 0 unspecified atom stereocenters. The van der Waals surface area contributed by atoms with Gasteiger partial charge in [-0.25, -0.2) is 4.39 Å². The number of hydrogen-bond donors (Lipinski definition) is 1. The number of fused-ring (bicyclic) bond motifs is 1. The first kappa shape index (κ1) is 24.5. The number of rotatable bonds is 7. The Balaban J connectivity index is 1.57. The zero-order valence-corrected chi connectivity index (χ0v) is 20.3. The quantitative estimate of drug-likeness (QED) is 0.522. The lowest BCUT2D eigenvalue weighted by Gasteiger charge is -2.39. The van der Waals surface area contributed by atoms with Crippen LogP contribution >= 0.6 is 0 Å². The molecule has 6 heteroatoms. The molecule has 1 aliphatic heterocycles. The maximum absolute atomic E-state index is 13.6. The van der Waals surface area contributed by atoms with Gasteiger partial charge in [-0.1, -0.05) is 62.4 Å². The van der Waals surface area contributed by atoms with Crippen molar-refractivity contribution < 1.29 is 18.7 Å². The number of benzene rings is 3. The monoisotopic (exact) mass is 474 g/mol. The summed E-state index contributed by atoms with van der Waals surface area (Å²) in [4.78, 5) is 27.5. The summed E-state index contributed by atoms with van der Waals surface area (Å²) < 4.78 is 19.7. The van der Waals surface area contributed by atoms with E-state index in [4.69, 9.17) is 4.74 Å². The zero-order chi connectivity index (χ0) is 24.9. The maximum Gasteiger partial charge on any atom is 0.261 e. The number of carbonyl (C=O) groups excluding carboxylic acids is 2. The first-order valence-corrected chi connectivity index (χ1v) is 12.0. The molecule has 0 saturated carbocycles. The predicted octanol–water partition coefficient (Wildman–Crippen LogP) is 5.04. The Morgan fingerprint density at radius 1 is 1.03 bits per heavy atom. The van der Waals surface area contributed by atoms with Crippen LogP contribution in [0, 0.1) is 11.7 Å². The normalized spacial score (nSPS) is 15.9. The summed E-state index contributed by atoms with van der Waals surface area (Å²) >= 11 is 0. The van der Waals surface area contributed by atoms with Gasteiger partial charge in [0.1, 0.15) is 11.6 Å². The molecular formula is C29H31FN2O3. The molecule has 1 N–H and O–H groups in total. The van der Waals surface area contributed by atoms with E-state index in [0.29, 0.717) is 18.8 Å². The topological polar surface area (TPSA) is 58.6 Å². The Morgan fingerprint density at radius 3 is 2.43 bits per heavy atom. The highest BCUT2D eigenvalue weighted by molar-refractivity contribution is 5.81. The molecule has 0 fully saturated rings. The maximum atomic E-state index is 13.6. The lowest BCUT2D eigenvalue weighted by atomic mass is 9.87. The molecule has 1 aliphatic rings. The number of halogens is 1. The molecule has 4 rings (SSSR count). The third kappa shape index (κ3) is 5.70. The second-order valence-electron chi connectivity index (χ2n) is 9.21. The largest absolute Gasteiger partial charge is 0.481 e. The van der Waals surface area contributed by atoms with E-state index in [1.807, 2.05) is 67.3 Å². The van der Waals surface area contributed by atoms with Gasteiger partial charge in [0.2, 0.25) is 5.91 Å².